The highest BCUT2D eigenvalue weighted by Crippen LogP contribution is 2.64. The average molecular weight is 687 g/mol. The van der Waals surface area contributed by atoms with Crippen molar-refractivity contribution >= 4 is 59.2 Å². The predicted octanol–water partition coefficient (Wildman–Crippen LogP) is 4.40. The summed E-state index contributed by atoms with van der Waals surface area (Å²) in [5, 5.41) is 30.5. The molecule has 0 bridgehead atoms. The maximum absolute atomic E-state index is 15.3. The van der Waals surface area contributed by atoms with Gasteiger partial charge in [0.05, 0.1) is 34.5 Å². The van der Waals surface area contributed by atoms with Crippen LogP contribution in [0.25, 0.3) is 0 Å². The first-order valence-corrected chi connectivity index (χ1v) is 16.9. The third kappa shape index (κ3) is 4.55. The SMILES string of the molecule is Cc1cc([C@H]2C3=CC[C@@H]4C(=O)N(c5cccc(B(O)O)c5)C(=O)[C@@H]4[C@@H]3C[C@H]3C(=O)N(c4cccc(Cl)c4)C(=O)[C@@]23c2ccccc2)ccc1O. The Hall–Kier alpha value is -5.03. The minimum Gasteiger partial charge on any atom is -0.508 e. The van der Waals surface area contributed by atoms with Gasteiger partial charge in [-0.1, -0.05) is 83.9 Å². The van der Waals surface area contributed by atoms with Gasteiger partial charge in [-0.25, -0.2) is 4.90 Å². The number of halogens is 1. The van der Waals surface area contributed by atoms with E-state index in [0.717, 1.165) is 10.5 Å². The van der Waals surface area contributed by atoms with Gasteiger partial charge in [-0.15, -0.1) is 0 Å². The molecule has 0 spiro atoms. The van der Waals surface area contributed by atoms with Gasteiger partial charge in [0, 0.05) is 10.9 Å². The zero-order valence-electron chi connectivity index (χ0n) is 26.9. The highest BCUT2D eigenvalue weighted by atomic mass is 35.5. The summed E-state index contributed by atoms with van der Waals surface area (Å²) < 4.78 is 0. The van der Waals surface area contributed by atoms with Crippen molar-refractivity contribution in [1.82, 2.24) is 0 Å². The van der Waals surface area contributed by atoms with Crippen molar-refractivity contribution in [2.24, 2.45) is 23.7 Å². The Balaban J connectivity index is 1.34. The van der Waals surface area contributed by atoms with E-state index in [9.17, 15) is 29.5 Å². The van der Waals surface area contributed by atoms with Crippen molar-refractivity contribution in [3.05, 3.63) is 130 Å². The topological polar surface area (TPSA) is 135 Å². The van der Waals surface area contributed by atoms with Crippen LogP contribution in [0.5, 0.6) is 5.75 Å². The summed E-state index contributed by atoms with van der Waals surface area (Å²) in [7, 11) is -1.79. The van der Waals surface area contributed by atoms with Crippen molar-refractivity contribution in [1.29, 1.82) is 0 Å². The first kappa shape index (κ1) is 32.2. The van der Waals surface area contributed by atoms with E-state index >= 15 is 4.79 Å². The zero-order valence-corrected chi connectivity index (χ0v) is 27.7. The normalized spacial score (nSPS) is 27.2. The average Bonchev–Trinajstić information content (AvgIpc) is 3.50. The lowest BCUT2D eigenvalue weighted by Crippen LogP contribution is -2.53. The van der Waals surface area contributed by atoms with Gasteiger partial charge in [0.2, 0.25) is 23.6 Å². The molecule has 2 aliphatic carbocycles. The van der Waals surface area contributed by atoms with Crippen LogP contribution in [-0.2, 0) is 24.6 Å². The van der Waals surface area contributed by atoms with Gasteiger partial charge in [0.1, 0.15) is 5.75 Å². The van der Waals surface area contributed by atoms with Crippen LogP contribution < -0.4 is 15.3 Å². The molecule has 1 saturated carbocycles. The van der Waals surface area contributed by atoms with Crippen LogP contribution in [0.1, 0.15) is 35.4 Å². The lowest BCUT2D eigenvalue weighted by molar-refractivity contribution is -0.127. The van der Waals surface area contributed by atoms with Gasteiger partial charge in [0.25, 0.3) is 0 Å². The quantitative estimate of drug-likeness (QED) is 0.161. The Kier molecular flexibility index (Phi) is 7.60. The Bertz CT molecular complexity index is 2140. The molecule has 3 N–H and O–H groups in total. The molecule has 250 valence electrons. The van der Waals surface area contributed by atoms with Crippen LogP contribution in [0.4, 0.5) is 11.4 Å². The summed E-state index contributed by atoms with van der Waals surface area (Å²) in [5.41, 5.74) is 2.05. The number of benzene rings is 4. The maximum atomic E-state index is 15.3. The van der Waals surface area contributed by atoms with Crippen molar-refractivity contribution in [3.8, 4) is 5.75 Å². The second kappa shape index (κ2) is 11.8. The summed E-state index contributed by atoms with van der Waals surface area (Å²) in [6.07, 6.45) is 2.35. The van der Waals surface area contributed by atoms with E-state index in [1.54, 1.807) is 55.5 Å². The molecule has 4 aromatic rings. The zero-order chi connectivity index (χ0) is 35.1. The largest absolute Gasteiger partial charge is 0.508 e. The van der Waals surface area contributed by atoms with E-state index < -0.39 is 65.8 Å². The van der Waals surface area contributed by atoms with Crippen molar-refractivity contribution in [2.45, 2.75) is 31.1 Å². The Morgan fingerprint density at radius 1 is 0.780 bits per heavy atom. The fourth-order valence-electron chi connectivity index (χ4n) is 9.06. The van der Waals surface area contributed by atoms with Gasteiger partial charge in [0.15, 0.2) is 0 Å². The monoisotopic (exact) mass is 686 g/mol. The molecule has 4 amide bonds. The fraction of sp³-hybridized carbons (Fsp3) is 0.231. The summed E-state index contributed by atoms with van der Waals surface area (Å²) in [4.78, 5) is 61.0. The summed E-state index contributed by atoms with van der Waals surface area (Å²) >= 11 is 6.38. The highest BCUT2D eigenvalue weighted by Gasteiger charge is 2.70. The van der Waals surface area contributed by atoms with Crippen LogP contribution in [0.2, 0.25) is 5.02 Å². The smallest absolute Gasteiger partial charge is 0.488 e. The van der Waals surface area contributed by atoms with Crippen LogP contribution in [-0.4, -0.2) is 45.9 Å². The Labute approximate surface area is 293 Å². The fourth-order valence-corrected chi connectivity index (χ4v) is 9.24. The van der Waals surface area contributed by atoms with Crippen LogP contribution in [0, 0.1) is 30.6 Å². The number of aromatic hydroxyl groups is 1. The van der Waals surface area contributed by atoms with E-state index in [-0.39, 0.29) is 29.7 Å². The van der Waals surface area contributed by atoms with Crippen molar-refractivity contribution in [3.63, 3.8) is 0 Å². The molecule has 0 aromatic heterocycles. The van der Waals surface area contributed by atoms with Crippen molar-refractivity contribution in [2.75, 3.05) is 9.80 Å². The molecule has 9 nitrogen and oxygen atoms in total. The Morgan fingerprint density at radius 3 is 2.20 bits per heavy atom. The molecule has 2 aliphatic heterocycles. The van der Waals surface area contributed by atoms with E-state index in [1.165, 1.54) is 17.0 Å². The molecule has 0 radical (unpaired) electrons. The number of carbonyl (C=O) groups is 4. The van der Waals surface area contributed by atoms with Gasteiger partial charge in [-0.05, 0) is 84.2 Å². The molecule has 3 fully saturated rings. The second-order valence-electron chi connectivity index (χ2n) is 13.6. The molecule has 2 saturated heterocycles. The van der Waals surface area contributed by atoms with Gasteiger partial charge < -0.3 is 15.2 Å². The molecule has 50 heavy (non-hydrogen) atoms. The molecule has 2 heterocycles. The molecular formula is C39H32BClN2O7. The van der Waals surface area contributed by atoms with Gasteiger partial charge >= 0.3 is 7.12 Å². The van der Waals surface area contributed by atoms with Crippen LogP contribution in [0.15, 0.2) is 109 Å². The number of hydrogen-bond donors (Lipinski definition) is 3. The highest BCUT2D eigenvalue weighted by molar-refractivity contribution is 6.58. The number of phenolic OH excluding ortho intramolecular Hbond substituents is 1. The molecule has 8 rings (SSSR count). The summed E-state index contributed by atoms with van der Waals surface area (Å²) in [5.74, 6) is -5.30. The number of phenols is 1. The van der Waals surface area contributed by atoms with Gasteiger partial charge in [-0.2, -0.15) is 0 Å². The third-order valence-corrected chi connectivity index (χ3v) is 11.4. The number of amides is 4. The number of allylic oxidation sites excluding steroid dienone is 2. The lowest BCUT2D eigenvalue weighted by Gasteiger charge is -2.50. The van der Waals surface area contributed by atoms with E-state index in [1.807, 2.05) is 42.5 Å². The lowest BCUT2D eigenvalue weighted by atomic mass is 9.49. The van der Waals surface area contributed by atoms with Crippen molar-refractivity contribution < 1.29 is 34.3 Å². The number of anilines is 2. The first-order valence-electron chi connectivity index (χ1n) is 16.6. The van der Waals surface area contributed by atoms with E-state index in [4.69, 9.17) is 11.6 Å². The predicted molar refractivity (Wildman–Crippen MR) is 188 cm³/mol. The van der Waals surface area contributed by atoms with Crippen LogP contribution >= 0.6 is 11.6 Å². The minimum absolute atomic E-state index is 0.0842. The minimum atomic E-state index is -1.79. The molecule has 4 aliphatic rings. The standard InChI is InChI=1S/C39H32BClN2O7/c1-21-17-22(13-16-32(21)44)34-28-14-15-29-33(37(47)42(35(29)45)26-11-5-9-24(18-26)40(49)50)30(28)20-31-36(46)43(27-12-6-10-25(41)19-27)38(48)39(31,34)23-7-3-2-4-8-23/h2-14,16-19,29-31,33-34,44,49-50H,15,20H2,1H3/t29-,30+,31-,33-,34-,39+/m0/s1. The second-order valence-corrected chi connectivity index (χ2v) is 14.1. The number of imide groups is 2. The number of aryl methyl sites for hydroxylation is 1. The van der Waals surface area contributed by atoms with Crippen LogP contribution in [0.3, 0.4) is 0 Å². The Morgan fingerprint density at radius 2 is 1.50 bits per heavy atom. The number of nitrogens with zero attached hydrogens (tertiary/aromatic N) is 2. The first-order chi connectivity index (χ1) is 24.0. The van der Waals surface area contributed by atoms with Gasteiger partial charge in [-0.3, -0.25) is 24.1 Å². The number of hydrogen-bond acceptors (Lipinski definition) is 7. The number of rotatable bonds is 5. The van der Waals surface area contributed by atoms with E-state index in [2.05, 4.69) is 0 Å². The maximum Gasteiger partial charge on any atom is 0.488 e. The molecule has 4 aromatic carbocycles. The number of carbonyl (C=O) groups excluding carboxylic acids is 4. The summed E-state index contributed by atoms with van der Waals surface area (Å²) in [6, 6.07) is 27.1. The molecular weight excluding hydrogens is 655 g/mol. The molecule has 11 heteroatoms. The number of fused-ring (bicyclic) bond motifs is 4. The third-order valence-electron chi connectivity index (χ3n) is 11.1. The molecule has 6 atom stereocenters. The molecule has 0 unspecified atom stereocenters. The summed E-state index contributed by atoms with van der Waals surface area (Å²) in [6.45, 7) is 1.77. The van der Waals surface area contributed by atoms with E-state index in [0.29, 0.717) is 27.4 Å².